The van der Waals surface area contributed by atoms with Gasteiger partial charge in [0.15, 0.2) is 0 Å². The van der Waals surface area contributed by atoms with Gasteiger partial charge in [-0.15, -0.1) is 0 Å². The average Bonchev–Trinajstić information content (AvgIpc) is 2.26. The summed E-state index contributed by atoms with van der Waals surface area (Å²) in [5.74, 6) is -1.20. The molecular weight excluding hydrogens is 256 g/mol. The fourth-order valence-corrected chi connectivity index (χ4v) is 1.62. The first kappa shape index (κ1) is 13.8. The first-order valence-corrected chi connectivity index (χ1v) is 5.33. The number of benzene rings is 1. The summed E-state index contributed by atoms with van der Waals surface area (Å²) < 4.78 is 0. The molecule has 0 aliphatic carbocycles. The minimum atomic E-state index is -0.600. The van der Waals surface area contributed by atoms with Crippen LogP contribution in [0.4, 0.5) is 5.69 Å². The second-order valence-electron chi connectivity index (χ2n) is 3.56. The Morgan fingerprint density at radius 2 is 1.83 bits per heavy atom. The highest BCUT2D eigenvalue weighted by Gasteiger charge is 2.13. The van der Waals surface area contributed by atoms with E-state index >= 15 is 0 Å². The summed E-state index contributed by atoms with van der Waals surface area (Å²) in [4.78, 5) is 23.2. The molecule has 0 saturated heterocycles. The van der Waals surface area contributed by atoms with Crippen LogP contribution >= 0.6 is 11.6 Å². The van der Waals surface area contributed by atoms with Crippen molar-refractivity contribution in [1.82, 2.24) is 0 Å². The molecule has 0 fully saturated rings. The molecule has 1 aromatic carbocycles. The lowest BCUT2D eigenvalue weighted by molar-refractivity contribution is -0.117. The third kappa shape index (κ3) is 3.64. The molecule has 94 valence electrons. The Hall–Kier alpha value is -2.26. The minimum absolute atomic E-state index is 0.162. The lowest BCUT2D eigenvalue weighted by atomic mass is 10.2. The molecule has 0 unspecified atom stereocenters. The van der Waals surface area contributed by atoms with Crippen molar-refractivity contribution in [3.63, 3.8) is 0 Å². The third-order valence-electron chi connectivity index (χ3n) is 2.13. The lowest BCUT2D eigenvalue weighted by Crippen LogP contribution is -2.39. The second-order valence-corrected chi connectivity index (χ2v) is 3.97. The van der Waals surface area contributed by atoms with E-state index in [1.54, 1.807) is 6.07 Å². The molecule has 0 atom stereocenters. The highest BCUT2D eigenvalue weighted by Crippen LogP contribution is 2.23. The van der Waals surface area contributed by atoms with Crippen molar-refractivity contribution in [3.8, 4) is 6.07 Å². The number of nitriles is 1. The van der Waals surface area contributed by atoms with Gasteiger partial charge in [-0.2, -0.15) is 5.26 Å². The van der Waals surface area contributed by atoms with E-state index in [-0.39, 0.29) is 18.1 Å². The molecule has 0 bridgehead atoms. The fraction of sp³-hybridized carbons (Fsp3) is 0.182. The summed E-state index contributed by atoms with van der Waals surface area (Å²) in [6.07, 6.45) is 0. The number of primary amides is 2. The molecule has 6 nitrogen and oxygen atoms in total. The van der Waals surface area contributed by atoms with Crippen LogP contribution < -0.4 is 16.4 Å². The maximum absolute atomic E-state index is 10.9. The first-order chi connectivity index (χ1) is 8.43. The number of amides is 2. The molecular formula is C11H11ClN4O2. The van der Waals surface area contributed by atoms with Gasteiger partial charge in [-0.1, -0.05) is 11.6 Å². The average molecular weight is 267 g/mol. The van der Waals surface area contributed by atoms with Crippen LogP contribution in [-0.2, 0) is 9.59 Å². The molecule has 1 rings (SSSR count). The number of nitrogens with two attached hydrogens (primary N) is 2. The number of halogens is 1. The van der Waals surface area contributed by atoms with E-state index in [2.05, 4.69) is 0 Å². The highest BCUT2D eigenvalue weighted by atomic mass is 35.5. The lowest BCUT2D eigenvalue weighted by Gasteiger charge is -2.21. The summed E-state index contributed by atoms with van der Waals surface area (Å²) >= 11 is 5.87. The molecule has 18 heavy (non-hydrogen) atoms. The number of hydrogen-bond acceptors (Lipinski definition) is 4. The molecule has 0 saturated carbocycles. The van der Waals surface area contributed by atoms with Gasteiger partial charge in [0.1, 0.15) is 6.07 Å². The van der Waals surface area contributed by atoms with Gasteiger partial charge in [0.25, 0.3) is 0 Å². The molecule has 7 heteroatoms. The predicted molar refractivity (Wildman–Crippen MR) is 66.8 cm³/mol. The molecule has 0 spiro atoms. The summed E-state index contributed by atoms with van der Waals surface area (Å²) in [7, 11) is 0. The second kappa shape index (κ2) is 5.89. The van der Waals surface area contributed by atoms with Crippen molar-refractivity contribution >= 4 is 29.1 Å². The number of rotatable bonds is 5. The largest absolute Gasteiger partial charge is 0.368 e. The van der Waals surface area contributed by atoms with E-state index in [0.29, 0.717) is 11.3 Å². The Bertz CT molecular complexity index is 508. The van der Waals surface area contributed by atoms with Crippen LogP contribution in [0.3, 0.4) is 0 Å². The van der Waals surface area contributed by atoms with Gasteiger partial charge in [0.2, 0.25) is 11.8 Å². The van der Waals surface area contributed by atoms with E-state index < -0.39 is 11.8 Å². The monoisotopic (exact) mass is 266 g/mol. The number of anilines is 1. The Morgan fingerprint density at radius 1 is 1.28 bits per heavy atom. The van der Waals surface area contributed by atoms with Gasteiger partial charge < -0.3 is 16.4 Å². The van der Waals surface area contributed by atoms with E-state index in [0.717, 1.165) is 0 Å². The zero-order chi connectivity index (χ0) is 13.7. The van der Waals surface area contributed by atoms with Gasteiger partial charge in [0, 0.05) is 5.69 Å². The molecule has 1 aromatic rings. The number of hydrogen-bond donors (Lipinski definition) is 2. The number of carbonyl (C=O) groups is 2. The summed E-state index contributed by atoms with van der Waals surface area (Å²) in [6, 6.07) is 6.45. The van der Waals surface area contributed by atoms with Crippen LogP contribution in [0, 0.1) is 11.3 Å². The molecule has 2 amide bonds. The Balaban J connectivity index is 3.05. The first-order valence-electron chi connectivity index (χ1n) is 4.95. The standard InChI is InChI=1S/C11H11ClN4O2/c12-9-3-8(2-1-7(9)4-13)16(5-10(14)17)6-11(15)18/h1-3H,5-6H2,(H2,14,17)(H2,15,18). The van der Waals surface area contributed by atoms with Crippen molar-refractivity contribution in [2.75, 3.05) is 18.0 Å². The molecule has 0 aliphatic heterocycles. The number of carbonyl (C=O) groups excluding carboxylic acids is 2. The van der Waals surface area contributed by atoms with Gasteiger partial charge in [-0.25, -0.2) is 0 Å². The van der Waals surface area contributed by atoms with E-state index in [1.807, 2.05) is 6.07 Å². The topological polar surface area (TPSA) is 113 Å². The zero-order valence-electron chi connectivity index (χ0n) is 9.39. The van der Waals surface area contributed by atoms with Crippen LogP contribution in [0.1, 0.15) is 5.56 Å². The van der Waals surface area contributed by atoms with Gasteiger partial charge >= 0.3 is 0 Å². The third-order valence-corrected chi connectivity index (χ3v) is 2.44. The quantitative estimate of drug-likeness (QED) is 0.780. The van der Waals surface area contributed by atoms with Gasteiger partial charge in [-0.05, 0) is 18.2 Å². The molecule has 0 aliphatic rings. The van der Waals surface area contributed by atoms with Crippen LogP contribution in [0.2, 0.25) is 5.02 Å². The van der Waals surface area contributed by atoms with Crippen molar-refractivity contribution < 1.29 is 9.59 Å². The van der Waals surface area contributed by atoms with Crippen LogP contribution in [-0.4, -0.2) is 24.9 Å². The summed E-state index contributed by atoms with van der Waals surface area (Å²) in [5.41, 5.74) is 11.0. The summed E-state index contributed by atoms with van der Waals surface area (Å²) in [6.45, 7) is -0.323. The van der Waals surface area contributed by atoms with Crippen molar-refractivity contribution in [2.45, 2.75) is 0 Å². The fourth-order valence-electron chi connectivity index (χ4n) is 1.41. The smallest absolute Gasteiger partial charge is 0.236 e. The number of nitrogens with zero attached hydrogens (tertiary/aromatic N) is 2. The molecule has 0 aromatic heterocycles. The van der Waals surface area contributed by atoms with E-state index in [4.69, 9.17) is 28.3 Å². The van der Waals surface area contributed by atoms with Crippen molar-refractivity contribution in [1.29, 1.82) is 5.26 Å². The normalized spacial score (nSPS) is 9.56. The van der Waals surface area contributed by atoms with E-state index in [9.17, 15) is 9.59 Å². The Kier molecular flexibility index (Phi) is 4.52. The van der Waals surface area contributed by atoms with Crippen LogP contribution in [0.5, 0.6) is 0 Å². The van der Waals surface area contributed by atoms with Gasteiger partial charge in [0.05, 0.1) is 23.7 Å². The van der Waals surface area contributed by atoms with Crippen LogP contribution in [0.25, 0.3) is 0 Å². The van der Waals surface area contributed by atoms with E-state index in [1.165, 1.54) is 17.0 Å². The molecule has 4 N–H and O–H groups in total. The maximum atomic E-state index is 10.9. The van der Waals surface area contributed by atoms with Crippen LogP contribution in [0.15, 0.2) is 18.2 Å². The summed E-state index contributed by atoms with van der Waals surface area (Å²) in [5, 5.41) is 8.97. The predicted octanol–water partition coefficient (Wildman–Crippen LogP) is -0.0113. The Labute approximate surface area is 109 Å². The van der Waals surface area contributed by atoms with Crippen molar-refractivity contribution in [2.24, 2.45) is 11.5 Å². The molecule has 0 radical (unpaired) electrons. The van der Waals surface area contributed by atoms with Crippen molar-refractivity contribution in [3.05, 3.63) is 28.8 Å². The highest BCUT2D eigenvalue weighted by molar-refractivity contribution is 6.32. The zero-order valence-corrected chi connectivity index (χ0v) is 10.1. The Morgan fingerprint density at radius 3 is 2.22 bits per heavy atom. The SMILES string of the molecule is N#Cc1ccc(N(CC(N)=O)CC(N)=O)cc1Cl. The maximum Gasteiger partial charge on any atom is 0.236 e. The molecule has 0 heterocycles. The van der Waals surface area contributed by atoms with Gasteiger partial charge in [-0.3, -0.25) is 9.59 Å². The minimum Gasteiger partial charge on any atom is -0.368 e.